The van der Waals surface area contributed by atoms with Crippen molar-refractivity contribution in [2.24, 2.45) is 0 Å². The average Bonchev–Trinajstić information content (AvgIpc) is 3.27. The van der Waals surface area contributed by atoms with Gasteiger partial charge in [0.25, 0.3) is 0 Å². The van der Waals surface area contributed by atoms with Crippen LogP contribution in [0.1, 0.15) is 19.4 Å². The third-order valence-electron chi connectivity index (χ3n) is 5.78. The van der Waals surface area contributed by atoms with Gasteiger partial charge in [0.1, 0.15) is 17.1 Å². The van der Waals surface area contributed by atoms with Crippen molar-refractivity contribution < 1.29 is 18.7 Å². The summed E-state index contributed by atoms with van der Waals surface area (Å²) in [6.07, 6.45) is 3.33. The Labute approximate surface area is 205 Å². The van der Waals surface area contributed by atoms with Gasteiger partial charge in [0.2, 0.25) is 5.91 Å². The molecule has 0 fully saturated rings. The van der Waals surface area contributed by atoms with Crippen LogP contribution >= 0.6 is 0 Å². The van der Waals surface area contributed by atoms with Crippen LogP contribution in [-0.4, -0.2) is 33.7 Å². The first-order valence-electron chi connectivity index (χ1n) is 11.5. The number of hydrogen-bond donors (Lipinski definition) is 1. The Bertz CT molecular complexity index is 1370. The molecule has 1 amide bonds. The van der Waals surface area contributed by atoms with E-state index in [0.717, 1.165) is 44.8 Å². The fraction of sp³-hybridized carbons (Fsp3) is 0.207. The number of allylic oxidation sites excluding steroid dienone is 1. The molecule has 180 valence electrons. The van der Waals surface area contributed by atoms with Crippen molar-refractivity contribution >= 4 is 33.8 Å². The predicted molar refractivity (Wildman–Crippen MR) is 142 cm³/mol. The van der Waals surface area contributed by atoms with Crippen molar-refractivity contribution in [2.75, 3.05) is 38.0 Å². The number of nitrogens with one attached hydrogen (secondary N) is 1. The van der Waals surface area contributed by atoms with E-state index in [9.17, 15) is 4.79 Å². The minimum absolute atomic E-state index is 0.206. The van der Waals surface area contributed by atoms with Crippen LogP contribution in [0.15, 0.2) is 77.4 Å². The first-order valence-corrected chi connectivity index (χ1v) is 11.5. The molecule has 6 heteroatoms. The number of hydrogen-bond acceptors (Lipinski definition) is 5. The van der Waals surface area contributed by atoms with Crippen LogP contribution in [0.25, 0.3) is 27.7 Å². The Balaban J connectivity index is 1.68. The van der Waals surface area contributed by atoms with Crippen molar-refractivity contribution in [3.8, 4) is 22.6 Å². The molecule has 0 atom stereocenters. The summed E-state index contributed by atoms with van der Waals surface area (Å²) in [4.78, 5) is 14.8. The Morgan fingerprint density at radius 2 is 1.86 bits per heavy atom. The van der Waals surface area contributed by atoms with Gasteiger partial charge in [-0.25, -0.2) is 0 Å². The summed E-state index contributed by atoms with van der Waals surface area (Å²) in [5.74, 6) is 1.24. The highest BCUT2D eigenvalue weighted by Crippen LogP contribution is 2.38. The molecule has 0 aliphatic rings. The molecule has 0 aliphatic heterocycles. The first kappa shape index (κ1) is 24.0. The molecule has 4 rings (SSSR count). The molecule has 1 aromatic heterocycles. The maximum absolute atomic E-state index is 12.8. The molecule has 35 heavy (non-hydrogen) atoms. The number of benzene rings is 3. The third-order valence-corrected chi connectivity index (χ3v) is 5.78. The van der Waals surface area contributed by atoms with E-state index in [1.807, 2.05) is 93.5 Å². The van der Waals surface area contributed by atoms with Gasteiger partial charge in [0, 0.05) is 54.1 Å². The van der Waals surface area contributed by atoms with Crippen molar-refractivity contribution in [2.45, 2.75) is 13.8 Å². The van der Waals surface area contributed by atoms with Gasteiger partial charge in [0.15, 0.2) is 0 Å². The van der Waals surface area contributed by atoms with Gasteiger partial charge in [-0.3, -0.25) is 4.79 Å². The number of carbonyl (C=O) groups excluding carboxylic acids is 1. The summed E-state index contributed by atoms with van der Waals surface area (Å²) < 4.78 is 17.1. The van der Waals surface area contributed by atoms with Gasteiger partial charge in [0.05, 0.1) is 20.0 Å². The summed E-state index contributed by atoms with van der Waals surface area (Å²) in [5, 5.41) is 3.87. The number of anilines is 2. The number of carbonyl (C=O) groups is 1. The Kier molecular flexibility index (Phi) is 7.11. The second-order valence-corrected chi connectivity index (χ2v) is 8.42. The molecule has 1 heterocycles. The van der Waals surface area contributed by atoms with Crippen molar-refractivity contribution in [3.63, 3.8) is 0 Å². The molecule has 0 saturated heterocycles. The lowest BCUT2D eigenvalue weighted by atomic mass is 9.99. The van der Waals surface area contributed by atoms with Crippen LogP contribution < -0.4 is 19.7 Å². The van der Waals surface area contributed by atoms with Gasteiger partial charge in [-0.2, -0.15) is 0 Å². The maximum Gasteiger partial charge on any atom is 0.248 e. The number of rotatable bonds is 8. The van der Waals surface area contributed by atoms with E-state index in [0.29, 0.717) is 17.9 Å². The molecule has 0 spiro atoms. The zero-order valence-electron chi connectivity index (χ0n) is 20.7. The highest BCUT2D eigenvalue weighted by atomic mass is 16.5. The quantitative estimate of drug-likeness (QED) is 0.293. The number of ether oxygens (including phenoxy) is 2. The Morgan fingerprint density at radius 1 is 1.09 bits per heavy atom. The van der Waals surface area contributed by atoms with Crippen LogP contribution in [0.2, 0.25) is 0 Å². The van der Waals surface area contributed by atoms with Crippen LogP contribution in [-0.2, 0) is 4.79 Å². The maximum atomic E-state index is 12.8. The topological polar surface area (TPSA) is 63.9 Å². The van der Waals surface area contributed by atoms with Crippen LogP contribution in [0.3, 0.4) is 0 Å². The Morgan fingerprint density at radius 3 is 2.54 bits per heavy atom. The van der Waals surface area contributed by atoms with Crippen LogP contribution in [0.4, 0.5) is 11.4 Å². The standard InChI is InChI=1S/C29H30N2O4/c1-6-34-27-17-28-25(26(18-35-28)20-8-7-9-23(15-20)33-5)16-24(27)19(2)14-29(32)30-21-10-12-22(13-11-21)31(3)4/h7-18H,6H2,1-5H3,(H,30,32)/b19-14+. The normalized spacial score (nSPS) is 11.4. The molecule has 0 bridgehead atoms. The molecule has 0 saturated carbocycles. The second kappa shape index (κ2) is 10.4. The predicted octanol–water partition coefficient (Wildman–Crippen LogP) is 6.62. The highest BCUT2D eigenvalue weighted by molar-refractivity contribution is 6.05. The summed E-state index contributed by atoms with van der Waals surface area (Å²) >= 11 is 0. The van der Waals surface area contributed by atoms with Crippen molar-refractivity contribution in [3.05, 3.63) is 78.6 Å². The number of methoxy groups -OCH3 is 1. The smallest absolute Gasteiger partial charge is 0.248 e. The summed E-state index contributed by atoms with van der Waals surface area (Å²) in [6.45, 7) is 4.34. The van der Waals surface area contributed by atoms with Gasteiger partial charge in [-0.1, -0.05) is 12.1 Å². The lowest BCUT2D eigenvalue weighted by Crippen LogP contribution is -2.10. The first-order chi connectivity index (χ1) is 16.9. The lowest BCUT2D eigenvalue weighted by molar-refractivity contribution is -0.111. The van der Waals surface area contributed by atoms with E-state index in [-0.39, 0.29) is 5.91 Å². The lowest BCUT2D eigenvalue weighted by Gasteiger charge is -2.13. The van der Waals surface area contributed by atoms with E-state index < -0.39 is 0 Å². The molecule has 0 unspecified atom stereocenters. The molecule has 4 aromatic rings. The van der Waals surface area contributed by atoms with E-state index in [4.69, 9.17) is 13.9 Å². The van der Waals surface area contributed by atoms with E-state index in [1.54, 1.807) is 19.4 Å². The minimum atomic E-state index is -0.206. The molecular weight excluding hydrogens is 440 g/mol. The number of furan rings is 1. The Hall–Kier alpha value is -4.19. The molecular formula is C29H30N2O4. The molecule has 3 aromatic carbocycles. The van der Waals surface area contributed by atoms with Crippen molar-refractivity contribution in [1.82, 2.24) is 0 Å². The van der Waals surface area contributed by atoms with E-state index in [2.05, 4.69) is 5.32 Å². The zero-order chi connectivity index (χ0) is 24.9. The van der Waals surface area contributed by atoms with Crippen LogP contribution in [0.5, 0.6) is 11.5 Å². The highest BCUT2D eigenvalue weighted by Gasteiger charge is 2.16. The molecule has 0 radical (unpaired) electrons. The van der Waals surface area contributed by atoms with E-state index >= 15 is 0 Å². The molecule has 6 nitrogen and oxygen atoms in total. The monoisotopic (exact) mass is 470 g/mol. The fourth-order valence-corrected chi connectivity index (χ4v) is 3.95. The fourth-order valence-electron chi connectivity index (χ4n) is 3.95. The zero-order valence-corrected chi connectivity index (χ0v) is 20.7. The van der Waals surface area contributed by atoms with E-state index in [1.165, 1.54) is 0 Å². The SMILES string of the molecule is CCOc1cc2occ(-c3cccc(OC)c3)c2cc1/C(C)=C/C(=O)Nc1ccc(N(C)C)cc1. The largest absolute Gasteiger partial charge is 0.497 e. The number of amides is 1. The van der Waals surface area contributed by atoms with Gasteiger partial charge in [-0.05, 0) is 67.4 Å². The van der Waals surface area contributed by atoms with Gasteiger partial charge >= 0.3 is 0 Å². The van der Waals surface area contributed by atoms with Crippen LogP contribution in [0, 0.1) is 0 Å². The summed E-state index contributed by atoms with van der Waals surface area (Å²) in [6, 6.07) is 19.4. The molecule has 1 N–H and O–H groups in total. The molecule has 0 aliphatic carbocycles. The number of fused-ring (bicyclic) bond motifs is 1. The third kappa shape index (κ3) is 5.32. The summed E-state index contributed by atoms with van der Waals surface area (Å²) in [7, 11) is 5.60. The van der Waals surface area contributed by atoms with Gasteiger partial charge < -0.3 is 24.1 Å². The minimum Gasteiger partial charge on any atom is -0.497 e. The van der Waals surface area contributed by atoms with Gasteiger partial charge in [-0.15, -0.1) is 0 Å². The average molecular weight is 471 g/mol. The second-order valence-electron chi connectivity index (χ2n) is 8.42. The van der Waals surface area contributed by atoms with Crippen molar-refractivity contribution in [1.29, 1.82) is 0 Å². The summed E-state index contributed by atoms with van der Waals surface area (Å²) in [5.41, 5.74) is 6.07. The number of nitrogens with zero attached hydrogens (tertiary/aromatic N) is 1.